The zero-order chi connectivity index (χ0) is 21.1. The highest BCUT2D eigenvalue weighted by molar-refractivity contribution is 5.93. The van der Waals surface area contributed by atoms with E-state index in [1.807, 2.05) is 25.1 Å². The van der Waals surface area contributed by atoms with Gasteiger partial charge >= 0.3 is 0 Å². The number of aromatic amines is 1. The molecule has 0 atom stereocenters. The van der Waals surface area contributed by atoms with Crippen LogP contribution in [0.4, 0.5) is 4.39 Å². The number of amides is 1. The van der Waals surface area contributed by atoms with Crippen LogP contribution in [0.5, 0.6) is 5.88 Å². The Morgan fingerprint density at radius 2 is 1.93 bits per heavy atom. The minimum Gasteiger partial charge on any atom is -0.478 e. The molecule has 0 unspecified atom stereocenters. The Morgan fingerprint density at radius 3 is 2.73 bits per heavy atom. The zero-order valence-electron chi connectivity index (χ0n) is 16.7. The van der Waals surface area contributed by atoms with Crippen LogP contribution in [-0.2, 0) is 6.54 Å². The molecule has 0 aliphatic heterocycles. The molecule has 0 aliphatic carbocycles. The molecule has 4 rings (SSSR count). The maximum Gasteiger partial charge on any atom is 0.272 e. The average Bonchev–Trinajstić information content (AvgIpc) is 3.24. The molecule has 4 aromatic rings. The summed E-state index contributed by atoms with van der Waals surface area (Å²) in [5.41, 5.74) is 2.98. The Hall–Kier alpha value is -3.74. The first kappa shape index (κ1) is 19.6. The number of H-pyrrole nitrogens is 1. The summed E-state index contributed by atoms with van der Waals surface area (Å²) in [4.78, 5) is 19.0. The van der Waals surface area contributed by atoms with Crippen LogP contribution in [0.25, 0.3) is 22.0 Å². The molecule has 0 spiro atoms. The molecule has 1 amide bonds. The second-order valence-corrected chi connectivity index (χ2v) is 6.87. The van der Waals surface area contributed by atoms with Gasteiger partial charge in [0, 0.05) is 30.1 Å². The van der Waals surface area contributed by atoms with Gasteiger partial charge in [-0.1, -0.05) is 36.4 Å². The molecular weight excluding hydrogens is 383 g/mol. The number of nitrogens with zero attached hydrogens (tertiary/aromatic N) is 3. The predicted octanol–water partition coefficient (Wildman–Crippen LogP) is 4.43. The molecule has 0 aliphatic rings. The van der Waals surface area contributed by atoms with Gasteiger partial charge in [-0.05, 0) is 30.7 Å². The number of nitrogens with one attached hydrogen (secondary N) is 1. The van der Waals surface area contributed by atoms with Crippen LogP contribution in [-0.4, -0.2) is 39.6 Å². The fourth-order valence-electron chi connectivity index (χ4n) is 3.38. The van der Waals surface area contributed by atoms with E-state index in [9.17, 15) is 9.18 Å². The van der Waals surface area contributed by atoms with Gasteiger partial charge in [0.05, 0.1) is 18.3 Å². The van der Waals surface area contributed by atoms with Crippen LogP contribution in [0.1, 0.15) is 23.0 Å². The van der Waals surface area contributed by atoms with Crippen LogP contribution in [0.15, 0.2) is 60.8 Å². The number of aromatic nitrogens is 3. The van der Waals surface area contributed by atoms with Gasteiger partial charge in [0.2, 0.25) is 5.88 Å². The number of benzene rings is 2. The van der Waals surface area contributed by atoms with E-state index >= 15 is 0 Å². The summed E-state index contributed by atoms with van der Waals surface area (Å²) in [7, 11) is 1.71. The second kappa shape index (κ2) is 8.32. The molecule has 0 radical (unpaired) electrons. The van der Waals surface area contributed by atoms with Crippen molar-refractivity contribution in [1.82, 2.24) is 20.1 Å². The fourth-order valence-corrected chi connectivity index (χ4v) is 3.38. The largest absolute Gasteiger partial charge is 0.478 e. The summed E-state index contributed by atoms with van der Waals surface area (Å²) >= 11 is 0. The van der Waals surface area contributed by atoms with Gasteiger partial charge in [0.25, 0.3) is 5.91 Å². The van der Waals surface area contributed by atoms with Gasteiger partial charge in [0.1, 0.15) is 11.5 Å². The van der Waals surface area contributed by atoms with Crippen molar-refractivity contribution >= 4 is 16.8 Å². The third-order valence-corrected chi connectivity index (χ3v) is 4.84. The first-order valence-electron chi connectivity index (χ1n) is 9.63. The SMILES string of the molecule is CCOc1nc(C(=O)N(C)Cc2cccc3cn[nH]c23)ccc1-c1ccccc1F. The zero-order valence-corrected chi connectivity index (χ0v) is 16.7. The van der Waals surface area contributed by atoms with E-state index < -0.39 is 0 Å². The van der Waals surface area contributed by atoms with E-state index in [0.29, 0.717) is 24.3 Å². The third-order valence-electron chi connectivity index (χ3n) is 4.84. The Bertz CT molecular complexity index is 1200. The Kier molecular flexibility index (Phi) is 5.43. The molecule has 152 valence electrons. The van der Waals surface area contributed by atoms with Crippen LogP contribution in [0, 0.1) is 5.82 Å². The number of ether oxygens (including phenoxy) is 1. The van der Waals surface area contributed by atoms with Crippen molar-refractivity contribution < 1.29 is 13.9 Å². The Labute approximate surface area is 173 Å². The Morgan fingerprint density at radius 1 is 1.10 bits per heavy atom. The highest BCUT2D eigenvalue weighted by Crippen LogP contribution is 2.31. The number of fused-ring (bicyclic) bond motifs is 1. The summed E-state index contributed by atoms with van der Waals surface area (Å²) in [6, 6.07) is 15.5. The molecule has 2 aromatic carbocycles. The fraction of sp³-hybridized carbons (Fsp3) is 0.174. The van der Waals surface area contributed by atoms with Crippen LogP contribution in [0.2, 0.25) is 0 Å². The lowest BCUT2D eigenvalue weighted by Gasteiger charge is -2.18. The molecule has 30 heavy (non-hydrogen) atoms. The first-order valence-corrected chi connectivity index (χ1v) is 9.63. The number of rotatable bonds is 6. The highest BCUT2D eigenvalue weighted by Gasteiger charge is 2.19. The molecule has 6 nitrogen and oxygen atoms in total. The van der Waals surface area contributed by atoms with Crippen molar-refractivity contribution in [2.45, 2.75) is 13.5 Å². The lowest BCUT2D eigenvalue weighted by molar-refractivity contribution is 0.0778. The number of pyridine rings is 1. The van der Waals surface area contributed by atoms with Gasteiger partial charge in [-0.3, -0.25) is 9.89 Å². The summed E-state index contributed by atoms with van der Waals surface area (Å²) < 4.78 is 19.9. The van der Waals surface area contributed by atoms with Gasteiger partial charge in [-0.15, -0.1) is 0 Å². The van der Waals surface area contributed by atoms with Crippen molar-refractivity contribution in [3.8, 4) is 17.0 Å². The third kappa shape index (κ3) is 3.74. The maximum atomic E-state index is 14.3. The van der Waals surface area contributed by atoms with Crippen molar-refractivity contribution in [3.63, 3.8) is 0 Å². The maximum absolute atomic E-state index is 14.3. The highest BCUT2D eigenvalue weighted by atomic mass is 19.1. The Balaban J connectivity index is 1.63. The van der Waals surface area contributed by atoms with Gasteiger partial charge < -0.3 is 9.64 Å². The number of para-hydroxylation sites is 1. The van der Waals surface area contributed by atoms with E-state index in [0.717, 1.165) is 16.5 Å². The first-order chi connectivity index (χ1) is 14.6. The smallest absolute Gasteiger partial charge is 0.272 e. The van der Waals surface area contributed by atoms with E-state index in [1.165, 1.54) is 6.07 Å². The molecule has 1 N–H and O–H groups in total. The van der Waals surface area contributed by atoms with Gasteiger partial charge in [-0.2, -0.15) is 5.10 Å². The van der Waals surface area contributed by atoms with Crippen molar-refractivity contribution in [2.24, 2.45) is 0 Å². The van der Waals surface area contributed by atoms with Crippen LogP contribution < -0.4 is 4.74 Å². The van der Waals surface area contributed by atoms with E-state index in [-0.39, 0.29) is 23.3 Å². The van der Waals surface area contributed by atoms with Crippen molar-refractivity contribution in [1.29, 1.82) is 0 Å². The molecular formula is C23H21FN4O2. The monoisotopic (exact) mass is 404 g/mol. The number of carbonyl (C=O) groups excluding carboxylic acids is 1. The standard InChI is InChI=1S/C23H21FN4O2/c1-3-30-22-18(17-9-4-5-10-19(17)24)11-12-20(26-22)23(29)28(2)14-16-8-6-7-15-13-25-27-21(15)16/h4-13H,3,14H2,1-2H3,(H,25,27). The molecule has 0 saturated carbocycles. The second-order valence-electron chi connectivity index (χ2n) is 6.87. The summed E-state index contributed by atoms with van der Waals surface area (Å²) in [6.45, 7) is 2.56. The molecule has 0 fully saturated rings. The summed E-state index contributed by atoms with van der Waals surface area (Å²) in [5, 5.41) is 8.02. The van der Waals surface area contributed by atoms with Gasteiger partial charge in [-0.25, -0.2) is 9.37 Å². The van der Waals surface area contributed by atoms with Crippen LogP contribution in [0.3, 0.4) is 0 Å². The summed E-state index contributed by atoms with van der Waals surface area (Å²) in [6.07, 6.45) is 1.75. The molecule has 0 bridgehead atoms. The van der Waals surface area contributed by atoms with Gasteiger partial charge in [0.15, 0.2) is 0 Å². The summed E-state index contributed by atoms with van der Waals surface area (Å²) in [5.74, 6) is -0.394. The number of carbonyl (C=O) groups is 1. The minimum atomic E-state index is -0.371. The lowest BCUT2D eigenvalue weighted by Crippen LogP contribution is -2.27. The molecule has 0 saturated heterocycles. The predicted molar refractivity (Wildman–Crippen MR) is 113 cm³/mol. The minimum absolute atomic E-state index is 0.234. The van der Waals surface area contributed by atoms with Crippen molar-refractivity contribution in [2.75, 3.05) is 13.7 Å². The average molecular weight is 404 g/mol. The van der Waals surface area contributed by atoms with Crippen molar-refractivity contribution in [3.05, 3.63) is 77.9 Å². The molecule has 2 heterocycles. The lowest BCUT2D eigenvalue weighted by atomic mass is 10.1. The van der Waals surface area contributed by atoms with E-state index in [1.54, 1.807) is 48.5 Å². The topological polar surface area (TPSA) is 71.1 Å². The normalized spacial score (nSPS) is 10.9. The number of hydrogen-bond acceptors (Lipinski definition) is 4. The molecule has 2 aromatic heterocycles. The quantitative estimate of drug-likeness (QED) is 0.516. The van der Waals surface area contributed by atoms with Crippen LogP contribution >= 0.6 is 0 Å². The van der Waals surface area contributed by atoms with E-state index in [2.05, 4.69) is 15.2 Å². The van der Waals surface area contributed by atoms with E-state index in [4.69, 9.17) is 4.74 Å². The molecule has 7 heteroatoms. The number of hydrogen-bond donors (Lipinski definition) is 1. The number of halogens is 1.